The van der Waals surface area contributed by atoms with Gasteiger partial charge in [0.05, 0.1) is 0 Å². The normalized spacial score (nSPS) is 23.6. The van der Waals surface area contributed by atoms with Gasteiger partial charge in [0.2, 0.25) is 0 Å². The summed E-state index contributed by atoms with van der Waals surface area (Å²) < 4.78 is 23.1. The molecule has 0 bridgehead atoms. The monoisotopic (exact) mass is 317 g/mol. The molecule has 2 heteroatoms. The molecular formula is C21H30O2. The van der Waals surface area contributed by atoms with Gasteiger partial charge in [-0.2, -0.15) is 0 Å². The first-order valence-electron chi connectivity index (χ1n) is 10.1. The van der Waals surface area contributed by atoms with Crippen molar-refractivity contribution in [1.82, 2.24) is 0 Å². The van der Waals surface area contributed by atoms with Gasteiger partial charge in [-0.1, -0.05) is 43.6 Å². The van der Waals surface area contributed by atoms with Crippen LogP contribution in [0.15, 0.2) is 35.9 Å². The van der Waals surface area contributed by atoms with E-state index >= 15 is 0 Å². The quantitative estimate of drug-likeness (QED) is 0.510. The highest BCUT2D eigenvalue weighted by Crippen LogP contribution is 2.46. The molecule has 23 heavy (non-hydrogen) atoms. The summed E-state index contributed by atoms with van der Waals surface area (Å²) in [6, 6.07) is 3.41. The maximum absolute atomic E-state index is 10.6. The van der Waals surface area contributed by atoms with Crippen LogP contribution in [0.5, 0.6) is 11.5 Å². The van der Waals surface area contributed by atoms with Crippen LogP contribution in [0.3, 0.4) is 0 Å². The first-order chi connectivity index (χ1) is 12.1. The van der Waals surface area contributed by atoms with Crippen LogP contribution in [0, 0.1) is 5.92 Å². The average Bonchev–Trinajstić information content (AvgIpc) is 2.53. The number of aryl methyl sites for hydroxylation is 1. The molecule has 126 valence electrons. The predicted octanol–water partition coefficient (Wildman–Crippen LogP) is 5.85. The van der Waals surface area contributed by atoms with E-state index in [2.05, 4.69) is 13.5 Å². The minimum atomic E-state index is -2.24. The van der Waals surface area contributed by atoms with Gasteiger partial charge >= 0.3 is 0 Å². The van der Waals surface area contributed by atoms with Crippen molar-refractivity contribution in [1.29, 1.82) is 0 Å². The highest BCUT2D eigenvalue weighted by Gasteiger charge is 2.29. The van der Waals surface area contributed by atoms with Crippen molar-refractivity contribution in [3.8, 4) is 11.5 Å². The summed E-state index contributed by atoms with van der Waals surface area (Å²) in [5.41, 5.74) is 2.64. The SMILES string of the molecule is [2H]C([2H])([2H])C(=C)C1CCC(C)=CC1c1c(O)cc(CCCCC)cc1O. The Balaban J connectivity index is 2.39. The zero-order chi connectivity index (χ0) is 19.5. The van der Waals surface area contributed by atoms with Crippen LogP contribution >= 0.6 is 0 Å². The molecule has 0 saturated heterocycles. The van der Waals surface area contributed by atoms with E-state index in [0.29, 0.717) is 12.0 Å². The minimum Gasteiger partial charge on any atom is -0.507 e. The Morgan fingerprint density at radius 2 is 2.00 bits per heavy atom. The van der Waals surface area contributed by atoms with Crippen molar-refractivity contribution in [2.24, 2.45) is 5.92 Å². The molecule has 2 nitrogen and oxygen atoms in total. The van der Waals surface area contributed by atoms with Crippen LogP contribution in [-0.4, -0.2) is 10.2 Å². The Kier molecular flexibility index (Phi) is 4.60. The zero-order valence-corrected chi connectivity index (χ0v) is 14.2. The zero-order valence-electron chi connectivity index (χ0n) is 17.2. The molecule has 0 fully saturated rings. The molecule has 1 aliphatic rings. The summed E-state index contributed by atoms with van der Waals surface area (Å²) in [5, 5.41) is 21.2. The Hall–Kier alpha value is -1.70. The summed E-state index contributed by atoms with van der Waals surface area (Å²) in [6.45, 7) is 5.71. The number of benzene rings is 1. The third-order valence-corrected chi connectivity index (χ3v) is 4.79. The molecule has 0 amide bonds. The number of hydrogen-bond donors (Lipinski definition) is 2. The van der Waals surface area contributed by atoms with Gasteiger partial charge in [-0.15, -0.1) is 0 Å². The number of phenols is 2. The lowest BCUT2D eigenvalue weighted by Gasteiger charge is -2.31. The minimum absolute atomic E-state index is 0.0378. The molecule has 1 aromatic rings. The van der Waals surface area contributed by atoms with E-state index in [0.717, 1.165) is 43.2 Å². The molecule has 2 unspecified atom stereocenters. The molecule has 2 rings (SSSR count). The first kappa shape index (κ1) is 13.7. The van der Waals surface area contributed by atoms with Gasteiger partial charge in [-0.05, 0) is 63.1 Å². The lowest BCUT2D eigenvalue weighted by atomic mass is 9.73. The number of phenolic OH excluding ortho intramolecular Hbond substituents is 2. The molecule has 0 aromatic heterocycles. The average molecular weight is 317 g/mol. The molecular weight excluding hydrogens is 284 g/mol. The maximum atomic E-state index is 10.6. The van der Waals surface area contributed by atoms with Crippen molar-refractivity contribution in [2.45, 2.75) is 65.1 Å². The van der Waals surface area contributed by atoms with E-state index < -0.39 is 6.85 Å². The van der Waals surface area contributed by atoms with Crippen LogP contribution in [0.1, 0.15) is 74.0 Å². The van der Waals surface area contributed by atoms with E-state index in [1.165, 1.54) is 0 Å². The summed E-state index contributed by atoms with van der Waals surface area (Å²) in [5.74, 6) is -0.623. The second-order valence-electron chi connectivity index (χ2n) is 6.71. The fourth-order valence-electron chi connectivity index (χ4n) is 3.49. The van der Waals surface area contributed by atoms with E-state index in [1.54, 1.807) is 12.1 Å². The maximum Gasteiger partial charge on any atom is 0.123 e. The van der Waals surface area contributed by atoms with Crippen LogP contribution < -0.4 is 0 Å². The summed E-state index contributed by atoms with van der Waals surface area (Å²) in [4.78, 5) is 0. The van der Waals surface area contributed by atoms with Gasteiger partial charge in [0, 0.05) is 15.6 Å². The number of allylic oxidation sites excluding steroid dienone is 3. The molecule has 2 atom stereocenters. The highest BCUT2D eigenvalue weighted by atomic mass is 16.3. The van der Waals surface area contributed by atoms with Crippen molar-refractivity contribution in [2.75, 3.05) is 0 Å². The molecule has 1 aromatic carbocycles. The van der Waals surface area contributed by atoms with Crippen LogP contribution in [0.2, 0.25) is 0 Å². The predicted molar refractivity (Wildman–Crippen MR) is 97.0 cm³/mol. The standard InChI is InChI=1S/C21H30O2/c1-5-6-7-8-16-12-19(22)21(20(23)13-16)18-11-15(4)9-10-17(18)14(2)3/h11-13,17-18,22-23H,2,5-10H2,1,3-4H3/i3D3. The summed E-state index contributed by atoms with van der Waals surface area (Å²) in [7, 11) is 0. The first-order valence-corrected chi connectivity index (χ1v) is 8.56. The second-order valence-corrected chi connectivity index (χ2v) is 6.71. The van der Waals surface area contributed by atoms with Crippen LogP contribution in [-0.2, 0) is 6.42 Å². The van der Waals surface area contributed by atoms with Crippen molar-refractivity contribution >= 4 is 0 Å². The van der Waals surface area contributed by atoms with Gasteiger partial charge in [-0.25, -0.2) is 0 Å². The van der Waals surface area contributed by atoms with Crippen LogP contribution in [0.25, 0.3) is 0 Å². The Bertz CT molecular complexity index is 666. The number of unbranched alkanes of at least 4 members (excludes halogenated alkanes) is 2. The van der Waals surface area contributed by atoms with Gasteiger partial charge in [0.25, 0.3) is 0 Å². The summed E-state index contributed by atoms with van der Waals surface area (Å²) in [6.07, 6.45) is 7.45. The Morgan fingerprint density at radius 3 is 2.61 bits per heavy atom. The summed E-state index contributed by atoms with van der Waals surface area (Å²) >= 11 is 0. The Morgan fingerprint density at radius 1 is 1.30 bits per heavy atom. The lowest BCUT2D eigenvalue weighted by molar-refractivity contribution is 0.406. The van der Waals surface area contributed by atoms with Crippen LogP contribution in [0.4, 0.5) is 0 Å². The Labute approximate surface area is 144 Å². The molecule has 2 N–H and O–H groups in total. The van der Waals surface area contributed by atoms with E-state index in [1.807, 2.05) is 13.0 Å². The number of aromatic hydroxyl groups is 2. The fraction of sp³-hybridized carbons (Fsp3) is 0.524. The van der Waals surface area contributed by atoms with Gasteiger partial charge < -0.3 is 10.2 Å². The van der Waals surface area contributed by atoms with E-state index in [4.69, 9.17) is 4.11 Å². The molecule has 0 radical (unpaired) electrons. The van der Waals surface area contributed by atoms with Gasteiger partial charge in [0.15, 0.2) is 0 Å². The van der Waals surface area contributed by atoms with E-state index in [9.17, 15) is 10.2 Å². The van der Waals surface area contributed by atoms with Crippen molar-refractivity contribution in [3.05, 3.63) is 47.1 Å². The molecule has 0 aliphatic heterocycles. The number of hydrogen-bond acceptors (Lipinski definition) is 2. The fourth-order valence-corrected chi connectivity index (χ4v) is 3.49. The largest absolute Gasteiger partial charge is 0.507 e. The second kappa shape index (κ2) is 7.72. The molecule has 0 heterocycles. The van der Waals surface area contributed by atoms with Crippen molar-refractivity contribution < 1.29 is 14.3 Å². The third kappa shape index (κ3) is 4.19. The molecule has 1 aliphatic carbocycles. The lowest BCUT2D eigenvalue weighted by Crippen LogP contribution is -2.17. The highest BCUT2D eigenvalue weighted by molar-refractivity contribution is 5.51. The molecule has 0 saturated carbocycles. The van der Waals surface area contributed by atoms with Gasteiger partial charge in [0.1, 0.15) is 11.5 Å². The smallest absolute Gasteiger partial charge is 0.123 e. The molecule has 0 spiro atoms. The third-order valence-electron chi connectivity index (χ3n) is 4.79. The van der Waals surface area contributed by atoms with E-state index in [-0.39, 0.29) is 28.9 Å². The van der Waals surface area contributed by atoms with Crippen molar-refractivity contribution in [3.63, 3.8) is 0 Å². The topological polar surface area (TPSA) is 40.5 Å². The number of rotatable bonds is 6. The van der Waals surface area contributed by atoms with Gasteiger partial charge in [-0.3, -0.25) is 0 Å².